The molecule has 3 fully saturated rings. The van der Waals surface area contributed by atoms with Crippen molar-refractivity contribution >= 4 is 17.0 Å². The van der Waals surface area contributed by atoms with Gasteiger partial charge < -0.3 is 25.0 Å². The van der Waals surface area contributed by atoms with Crippen LogP contribution in [0.2, 0.25) is 0 Å². The molecular formula is C27H32N8O2. The first-order chi connectivity index (χ1) is 17.8. The predicted molar refractivity (Wildman–Crippen MR) is 138 cm³/mol. The van der Waals surface area contributed by atoms with Crippen LogP contribution in [0.25, 0.3) is 5.52 Å². The molecule has 7 heterocycles. The van der Waals surface area contributed by atoms with Gasteiger partial charge in [-0.1, -0.05) is 0 Å². The first kappa shape index (κ1) is 22.9. The van der Waals surface area contributed by atoms with Crippen molar-refractivity contribution in [1.82, 2.24) is 19.5 Å². The molecule has 0 radical (unpaired) electrons. The number of likely N-dealkylation sites (tertiary alicyclic amines) is 1. The maximum atomic E-state index is 9.42. The number of anilines is 2. The summed E-state index contributed by atoms with van der Waals surface area (Å²) in [4.78, 5) is 11.8. The first-order valence-corrected chi connectivity index (χ1v) is 13.0. The van der Waals surface area contributed by atoms with Crippen molar-refractivity contribution < 1.29 is 9.47 Å². The second-order valence-corrected chi connectivity index (χ2v) is 11.5. The average molecular weight is 501 g/mol. The standard InChI is InChI=1S/C27H32N8O2/c1-18-10-33(23-4-3-20(8-28)35-24(23)5-6-31-35)12-21(37-18)11-32-16-27(17-32)22-9-30-25(7-19(22)13-36-27)34-14-26(2,29)15-34/h3-7,9,18,21H,10-17,29H2,1-2H3/t18-,21+/m1/s1. The Morgan fingerprint density at radius 3 is 2.78 bits per heavy atom. The van der Waals surface area contributed by atoms with E-state index in [2.05, 4.69) is 45.8 Å². The number of morpholine rings is 1. The number of hydrogen-bond donors (Lipinski definition) is 1. The van der Waals surface area contributed by atoms with Crippen molar-refractivity contribution in [3.05, 3.63) is 53.5 Å². The Morgan fingerprint density at radius 1 is 1.16 bits per heavy atom. The summed E-state index contributed by atoms with van der Waals surface area (Å²) in [5, 5.41) is 13.8. The summed E-state index contributed by atoms with van der Waals surface area (Å²) in [6.07, 6.45) is 3.95. The normalized spacial score (nSPS) is 26.1. The molecule has 2 N–H and O–H groups in total. The number of hydrogen-bond acceptors (Lipinski definition) is 9. The molecule has 10 nitrogen and oxygen atoms in total. The van der Waals surface area contributed by atoms with Gasteiger partial charge in [0.25, 0.3) is 0 Å². The number of rotatable bonds is 4. The Morgan fingerprint density at radius 2 is 2.00 bits per heavy atom. The zero-order valence-corrected chi connectivity index (χ0v) is 21.3. The van der Waals surface area contributed by atoms with Gasteiger partial charge >= 0.3 is 0 Å². The molecule has 192 valence electrons. The molecule has 37 heavy (non-hydrogen) atoms. The van der Waals surface area contributed by atoms with E-state index < -0.39 is 0 Å². The summed E-state index contributed by atoms with van der Waals surface area (Å²) in [6, 6.07) is 10.2. The fraction of sp³-hybridized carbons (Fsp3) is 0.519. The Balaban J connectivity index is 1.02. The Bertz CT molecular complexity index is 1400. The van der Waals surface area contributed by atoms with Gasteiger partial charge in [0.1, 0.15) is 23.2 Å². The Kier molecular flexibility index (Phi) is 5.04. The van der Waals surface area contributed by atoms with E-state index in [1.54, 1.807) is 10.7 Å². The fourth-order valence-corrected chi connectivity index (χ4v) is 6.52. The molecule has 3 aromatic rings. The van der Waals surface area contributed by atoms with E-state index in [9.17, 15) is 5.26 Å². The number of nitrogens with two attached hydrogens (primary N) is 1. The highest BCUT2D eigenvalue weighted by molar-refractivity contribution is 5.74. The minimum atomic E-state index is -0.255. The number of ether oxygens (including phenoxy) is 2. The Labute approximate surface area is 216 Å². The van der Waals surface area contributed by atoms with Crippen molar-refractivity contribution in [3.8, 4) is 6.07 Å². The zero-order chi connectivity index (χ0) is 25.4. The number of aromatic nitrogens is 3. The second kappa shape index (κ2) is 8.13. The van der Waals surface area contributed by atoms with E-state index >= 15 is 0 Å². The van der Waals surface area contributed by atoms with E-state index in [-0.39, 0.29) is 23.3 Å². The van der Waals surface area contributed by atoms with E-state index in [4.69, 9.17) is 20.2 Å². The van der Waals surface area contributed by atoms with Crippen LogP contribution >= 0.6 is 0 Å². The van der Waals surface area contributed by atoms with Crippen LogP contribution in [-0.2, 0) is 21.7 Å². The van der Waals surface area contributed by atoms with Gasteiger partial charge in [0.15, 0.2) is 0 Å². The molecular weight excluding hydrogens is 468 g/mol. The van der Waals surface area contributed by atoms with E-state index in [1.165, 1.54) is 11.1 Å². The summed E-state index contributed by atoms with van der Waals surface area (Å²) in [5.74, 6) is 0.998. The highest BCUT2D eigenvalue weighted by atomic mass is 16.5. The average Bonchev–Trinajstić information content (AvgIpc) is 3.47. The number of nitriles is 1. The maximum Gasteiger partial charge on any atom is 0.142 e. The first-order valence-electron chi connectivity index (χ1n) is 13.0. The summed E-state index contributed by atoms with van der Waals surface area (Å²) in [7, 11) is 0. The molecule has 3 aromatic heterocycles. The lowest BCUT2D eigenvalue weighted by atomic mass is 9.86. The number of pyridine rings is 2. The predicted octanol–water partition coefficient (Wildman–Crippen LogP) is 1.47. The minimum Gasteiger partial charge on any atom is -0.370 e. The molecule has 0 aliphatic carbocycles. The zero-order valence-electron chi connectivity index (χ0n) is 21.3. The number of nitrogens with zero attached hydrogens (tertiary/aromatic N) is 7. The topological polar surface area (TPSA) is 108 Å². The number of fused-ring (bicyclic) bond motifs is 3. The van der Waals surface area contributed by atoms with Crippen LogP contribution in [0.1, 0.15) is 30.7 Å². The highest BCUT2D eigenvalue weighted by Gasteiger charge is 2.51. The minimum absolute atomic E-state index is 0.0816. The van der Waals surface area contributed by atoms with Crippen molar-refractivity contribution in [2.75, 3.05) is 55.6 Å². The third-order valence-corrected chi connectivity index (χ3v) is 8.13. The largest absolute Gasteiger partial charge is 0.370 e. The lowest BCUT2D eigenvalue weighted by Crippen LogP contribution is -2.65. The van der Waals surface area contributed by atoms with E-state index in [0.29, 0.717) is 12.3 Å². The second-order valence-electron chi connectivity index (χ2n) is 11.5. The van der Waals surface area contributed by atoms with Crippen molar-refractivity contribution in [2.24, 2.45) is 5.73 Å². The third-order valence-electron chi connectivity index (χ3n) is 8.13. The van der Waals surface area contributed by atoms with Crippen LogP contribution in [-0.4, -0.2) is 83.1 Å². The van der Waals surface area contributed by atoms with Gasteiger partial charge in [-0.05, 0) is 43.7 Å². The van der Waals surface area contributed by atoms with Gasteiger partial charge in [-0.2, -0.15) is 10.4 Å². The van der Waals surface area contributed by atoms with E-state index in [0.717, 1.165) is 62.8 Å². The fourth-order valence-electron chi connectivity index (χ4n) is 6.52. The smallest absolute Gasteiger partial charge is 0.142 e. The van der Waals surface area contributed by atoms with Crippen molar-refractivity contribution in [3.63, 3.8) is 0 Å². The SMILES string of the molecule is C[C@@H]1CN(c2ccc(C#N)n3nccc23)C[C@H](CN2CC3(C2)OCc2cc(N4CC(C)(N)C4)ncc23)O1. The van der Waals surface area contributed by atoms with Crippen molar-refractivity contribution in [2.45, 2.75) is 43.8 Å². The molecule has 3 saturated heterocycles. The van der Waals surface area contributed by atoms with Crippen LogP contribution in [0.4, 0.5) is 11.5 Å². The lowest BCUT2D eigenvalue weighted by Gasteiger charge is -2.50. The molecule has 0 amide bonds. The van der Waals surface area contributed by atoms with Gasteiger partial charge in [0, 0.05) is 63.1 Å². The van der Waals surface area contributed by atoms with Crippen LogP contribution < -0.4 is 15.5 Å². The van der Waals surface area contributed by atoms with Crippen LogP contribution in [0, 0.1) is 11.3 Å². The van der Waals surface area contributed by atoms with Gasteiger partial charge in [-0.15, -0.1) is 0 Å². The Hall–Kier alpha value is -3.23. The molecule has 0 unspecified atom stereocenters. The molecule has 0 aromatic carbocycles. The molecule has 7 rings (SSSR count). The molecule has 10 heteroatoms. The van der Waals surface area contributed by atoms with Crippen molar-refractivity contribution in [1.29, 1.82) is 5.26 Å². The van der Waals surface area contributed by atoms with Gasteiger partial charge in [-0.3, -0.25) is 4.90 Å². The third kappa shape index (κ3) is 3.77. The lowest BCUT2D eigenvalue weighted by molar-refractivity contribution is -0.155. The quantitative estimate of drug-likeness (QED) is 0.570. The molecule has 0 bridgehead atoms. The summed E-state index contributed by atoms with van der Waals surface area (Å²) < 4.78 is 14.4. The van der Waals surface area contributed by atoms with E-state index in [1.807, 2.05) is 24.4 Å². The van der Waals surface area contributed by atoms with Gasteiger partial charge in [-0.25, -0.2) is 9.50 Å². The van der Waals surface area contributed by atoms with Gasteiger partial charge in [0.05, 0.1) is 36.2 Å². The molecule has 0 saturated carbocycles. The molecule has 4 aliphatic rings. The van der Waals surface area contributed by atoms with Crippen LogP contribution in [0.15, 0.2) is 36.7 Å². The summed E-state index contributed by atoms with van der Waals surface area (Å²) >= 11 is 0. The molecule has 1 spiro atoms. The molecule has 2 atom stereocenters. The summed E-state index contributed by atoms with van der Waals surface area (Å²) in [6.45, 7) is 10.7. The maximum absolute atomic E-state index is 9.42. The van der Waals surface area contributed by atoms with Gasteiger partial charge in [0.2, 0.25) is 0 Å². The highest BCUT2D eigenvalue weighted by Crippen LogP contribution is 2.44. The summed E-state index contributed by atoms with van der Waals surface area (Å²) in [5.41, 5.74) is 10.9. The van der Waals surface area contributed by atoms with Crippen LogP contribution in [0.3, 0.4) is 0 Å². The van der Waals surface area contributed by atoms with Crippen LogP contribution in [0.5, 0.6) is 0 Å². The monoisotopic (exact) mass is 500 g/mol. The molecule has 4 aliphatic heterocycles.